The van der Waals surface area contributed by atoms with Crippen molar-refractivity contribution in [3.63, 3.8) is 0 Å². The normalized spacial score (nSPS) is 12.8. The van der Waals surface area contributed by atoms with E-state index in [1.807, 2.05) is 0 Å². The number of ether oxygens (including phenoxy) is 2. The Hall–Kier alpha value is -3.68. The van der Waals surface area contributed by atoms with E-state index in [1.165, 1.54) is 6.92 Å². The molecule has 0 aliphatic rings. The maximum Gasteiger partial charge on any atom is 0.329 e. The van der Waals surface area contributed by atoms with E-state index in [0.29, 0.717) is 6.21 Å². The summed E-state index contributed by atoms with van der Waals surface area (Å²) in [5.41, 5.74) is -2.42. The first-order chi connectivity index (χ1) is 18.8. The summed E-state index contributed by atoms with van der Waals surface area (Å²) in [7, 11) is -2.55. The Morgan fingerprint density at radius 1 is 0.805 bits per heavy atom. The zero-order valence-electron chi connectivity index (χ0n) is 24.9. The first-order valence-corrected chi connectivity index (χ1v) is 14.9. The zero-order valence-corrected chi connectivity index (χ0v) is 25.9. The molecule has 0 rings (SSSR count). The lowest BCUT2D eigenvalue weighted by atomic mass is 10.1. The van der Waals surface area contributed by atoms with Crippen LogP contribution in [-0.2, 0) is 38.2 Å². The largest absolute Gasteiger partial charge is 0.458 e. The Morgan fingerprint density at radius 3 is 1.73 bits per heavy atom. The molecule has 0 aliphatic carbocycles. The third-order valence-corrected chi connectivity index (χ3v) is 7.00. The Kier molecular flexibility index (Phi) is 15.7. The highest BCUT2D eigenvalue weighted by Crippen LogP contribution is 2.13. The van der Waals surface area contributed by atoms with Gasteiger partial charge in [-0.15, -0.1) is 0 Å². The van der Waals surface area contributed by atoms with Gasteiger partial charge in [0.15, 0.2) is 11.6 Å². The molecule has 0 aromatic heterocycles. The van der Waals surface area contributed by atoms with Gasteiger partial charge in [-0.05, 0) is 66.5 Å². The van der Waals surface area contributed by atoms with Crippen molar-refractivity contribution < 1.29 is 43.0 Å². The van der Waals surface area contributed by atoms with Crippen LogP contribution >= 0.6 is 0 Å². The summed E-state index contributed by atoms with van der Waals surface area (Å²) in [6.45, 7) is 14.5. The molecule has 0 bridgehead atoms. The zero-order chi connectivity index (χ0) is 32.0. The van der Waals surface area contributed by atoms with Crippen LogP contribution in [0.1, 0.15) is 80.6 Å². The minimum absolute atomic E-state index is 0.0810. The third-order valence-electron chi connectivity index (χ3n) is 4.98. The van der Waals surface area contributed by atoms with Gasteiger partial charge in [0.1, 0.15) is 23.3 Å². The van der Waals surface area contributed by atoms with Gasteiger partial charge >= 0.3 is 11.9 Å². The van der Waals surface area contributed by atoms with Gasteiger partial charge in [0.2, 0.25) is 17.3 Å². The van der Waals surface area contributed by atoms with Crippen molar-refractivity contribution in [3.8, 4) is 0 Å². The summed E-state index contributed by atoms with van der Waals surface area (Å²) in [6, 6.07) is -2.41. The lowest BCUT2D eigenvalue weighted by Crippen LogP contribution is -2.55. The summed E-state index contributed by atoms with van der Waals surface area (Å²) in [6.07, 6.45) is 0.921. The maximum absolute atomic E-state index is 13.2. The van der Waals surface area contributed by atoms with Crippen LogP contribution in [0.4, 0.5) is 4.79 Å². The van der Waals surface area contributed by atoms with E-state index in [-0.39, 0.29) is 43.9 Å². The Labute approximate surface area is 242 Å². The van der Waals surface area contributed by atoms with Crippen LogP contribution in [0.3, 0.4) is 0 Å². The van der Waals surface area contributed by atoms with Gasteiger partial charge < -0.3 is 30.5 Å². The summed E-state index contributed by atoms with van der Waals surface area (Å²) in [5, 5.41) is 12.1. The molecule has 229 valence electrons. The first kappa shape index (κ1) is 37.3. The topological polar surface area (TPSA) is 198 Å². The van der Waals surface area contributed by atoms with Crippen LogP contribution in [0.2, 0.25) is 6.04 Å². The number of carbonyl (C=O) groups excluding carboxylic acids is 7. The van der Waals surface area contributed by atoms with E-state index < -0.39 is 67.3 Å². The molecule has 0 aliphatic heterocycles. The molecule has 3 amide bonds. The van der Waals surface area contributed by atoms with Crippen LogP contribution in [0.5, 0.6) is 0 Å². The van der Waals surface area contributed by atoms with Crippen LogP contribution in [0, 0.1) is 5.41 Å². The highest BCUT2D eigenvalue weighted by atomic mass is 28.3. The molecule has 0 unspecified atom stereocenters. The minimum atomic E-state index is -2.55. The van der Waals surface area contributed by atoms with E-state index in [4.69, 9.17) is 14.9 Å². The summed E-state index contributed by atoms with van der Waals surface area (Å²) in [5.74, 6) is -3.55. The fourth-order valence-corrected chi connectivity index (χ4v) is 4.95. The lowest BCUT2D eigenvalue weighted by molar-refractivity contribution is -0.159. The van der Waals surface area contributed by atoms with E-state index in [0.717, 1.165) is 6.08 Å². The molecule has 0 spiro atoms. The van der Waals surface area contributed by atoms with Crippen LogP contribution < -0.4 is 15.6 Å². The molecule has 14 heteroatoms. The van der Waals surface area contributed by atoms with Crippen molar-refractivity contribution in [3.05, 3.63) is 12.7 Å². The molecule has 1 radical (unpaired) electrons. The highest BCUT2D eigenvalue weighted by Gasteiger charge is 2.33. The number of amides is 3. The van der Waals surface area contributed by atoms with Crippen molar-refractivity contribution in [2.45, 2.75) is 110 Å². The second-order valence-electron chi connectivity index (χ2n) is 11.2. The van der Waals surface area contributed by atoms with Gasteiger partial charge in [-0.3, -0.25) is 24.0 Å². The number of hydrogen-bond acceptors (Lipinski definition) is 10. The second kappa shape index (κ2) is 17.2. The Balaban J connectivity index is 5.73. The number of rotatable bonds is 17. The van der Waals surface area contributed by atoms with Crippen LogP contribution in [0.15, 0.2) is 12.7 Å². The molecule has 41 heavy (non-hydrogen) atoms. The minimum Gasteiger partial charge on any atom is -0.458 e. The number of allylic oxidation sites excluding steroid dienone is 1. The molecule has 0 aromatic rings. The molecule has 0 fully saturated rings. The Morgan fingerprint density at radius 2 is 1.29 bits per heavy atom. The molecule has 2 atom stereocenters. The average Bonchev–Trinajstić information content (AvgIpc) is 2.83. The number of ketones is 2. The van der Waals surface area contributed by atoms with Gasteiger partial charge in [-0.2, -0.15) is 0 Å². The fourth-order valence-electron chi connectivity index (χ4n) is 3.18. The molecular weight excluding hydrogens is 552 g/mol. The smallest absolute Gasteiger partial charge is 0.329 e. The van der Waals surface area contributed by atoms with Gasteiger partial charge in [-0.1, -0.05) is 6.58 Å². The fraction of sp³-hybridized carbons (Fsp3) is 0.630. The van der Waals surface area contributed by atoms with Crippen LogP contribution in [0.25, 0.3) is 0 Å². The number of carbonyl (C=O) groups is 7. The van der Waals surface area contributed by atoms with E-state index in [2.05, 4.69) is 22.2 Å². The van der Waals surface area contributed by atoms with E-state index >= 15 is 0 Å². The number of nitrogens with one attached hydrogen (secondary N) is 4. The van der Waals surface area contributed by atoms with E-state index in [1.54, 1.807) is 41.5 Å². The molecule has 4 N–H and O–H groups in total. The monoisotopic (exact) mass is 595 g/mol. The lowest BCUT2D eigenvalue weighted by Gasteiger charge is -2.26. The summed E-state index contributed by atoms with van der Waals surface area (Å²) in [4.78, 5) is 89.0. The standard InChI is InChI=1S/C27H43N4O9Si/c1-9-18(33)10-11-21(24(37)40-27(6,7)8)30-25(38)41(15-14-19(34)16-28)31-22(35)13-12-20(29-17(2)32)23(36)39-26(3,4)5/h9,16,20-21,28H,1,10-15H2,2-8H3,(H,29,32)(H,30,38)(H,31,35)/t20-,21-/m0/s1. The molecule has 0 heterocycles. The summed E-state index contributed by atoms with van der Waals surface area (Å²) < 4.78 is 10.7. The Bertz CT molecular complexity index is 1020. The maximum atomic E-state index is 13.2. The predicted octanol–water partition coefficient (Wildman–Crippen LogP) is 1.87. The van der Waals surface area contributed by atoms with E-state index in [9.17, 15) is 33.6 Å². The quantitative estimate of drug-likeness (QED) is 0.0839. The molecule has 13 nitrogen and oxygen atoms in total. The first-order valence-electron chi connectivity index (χ1n) is 13.2. The van der Waals surface area contributed by atoms with Gasteiger partial charge in [0.25, 0.3) is 8.96 Å². The van der Waals surface area contributed by atoms with Crippen molar-refractivity contribution in [2.24, 2.45) is 0 Å². The molecular formula is C27H43N4O9Si. The van der Waals surface area contributed by atoms with Crippen molar-refractivity contribution in [1.82, 2.24) is 15.6 Å². The molecule has 0 saturated heterocycles. The van der Waals surface area contributed by atoms with Crippen molar-refractivity contribution in [2.75, 3.05) is 0 Å². The predicted molar refractivity (Wildman–Crippen MR) is 152 cm³/mol. The number of hydrogen-bond donors (Lipinski definition) is 4. The van der Waals surface area contributed by atoms with Gasteiger partial charge in [0, 0.05) is 26.2 Å². The number of esters is 2. The average molecular weight is 596 g/mol. The molecule has 0 aromatic carbocycles. The van der Waals surface area contributed by atoms with Gasteiger partial charge in [-0.25, -0.2) is 9.59 Å². The highest BCUT2D eigenvalue weighted by molar-refractivity contribution is 6.89. The van der Waals surface area contributed by atoms with Crippen LogP contribution in [-0.4, -0.2) is 79.3 Å². The molecule has 0 saturated carbocycles. The summed E-state index contributed by atoms with van der Waals surface area (Å²) >= 11 is 0. The van der Waals surface area contributed by atoms with Crippen molar-refractivity contribution >= 4 is 56.0 Å². The SMILES string of the molecule is C=CC(=O)CC[C@H](NC(=O)[Si](CCC(=O)C=N)NC(=O)CC[C@H](NC(C)=O)C(=O)OC(C)(C)C)C(=O)OC(C)(C)C. The van der Waals surface area contributed by atoms with Crippen molar-refractivity contribution in [1.29, 1.82) is 5.41 Å². The second-order valence-corrected chi connectivity index (χ2v) is 13.4. The number of Topliss-reactive ketones (excluding diaryl/α,β-unsaturated/α-hetero) is 1. The van der Waals surface area contributed by atoms with Gasteiger partial charge in [0.05, 0.1) is 6.21 Å². The third kappa shape index (κ3) is 17.6.